The maximum atomic E-state index is 12.5. The summed E-state index contributed by atoms with van der Waals surface area (Å²) in [6, 6.07) is 3.70. The first-order valence-corrected chi connectivity index (χ1v) is 8.50. The van der Waals surface area contributed by atoms with Crippen molar-refractivity contribution in [3.8, 4) is 11.6 Å². The van der Waals surface area contributed by atoms with Crippen LogP contribution >= 0.6 is 0 Å². The van der Waals surface area contributed by atoms with Gasteiger partial charge in [-0.1, -0.05) is 5.16 Å². The first-order chi connectivity index (χ1) is 12.3. The molecule has 0 unspecified atom stereocenters. The Morgan fingerprint density at radius 2 is 1.84 bits per heavy atom. The molecular formula is C16H21N5O4. The van der Waals surface area contributed by atoms with Crippen LogP contribution in [0.2, 0.25) is 0 Å². The number of morpholine rings is 1. The van der Waals surface area contributed by atoms with Gasteiger partial charge in [0.1, 0.15) is 0 Å². The van der Waals surface area contributed by atoms with E-state index in [1.54, 1.807) is 18.4 Å². The molecule has 2 amide bonds. The van der Waals surface area contributed by atoms with Crippen molar-refractivity contribution in [1.29, 1.82) is 0 Å². The Morgan fingerprint density at radius 1 is 1.08 bits per heavy atom. The van der Waals surface area contributed by atoms with Gasteiger partial charge in [0.15, 0.2) is 5.76 Å². The number of ether oxygens (including phenoxy) is 1. The zero-order valence-electron chi connectivity index (χ0n) is 14.0. The van der Waals surface area contributed by atoms with E-state index >= 15 is 0 Å². The molecule has 134 valence electrons. The van der Waals surface area contributed by atoms with Gasteiger partial charge in [0.05, 0.1) is 26.0 Å². The van der Waals surface area contributed by atoms with Gasteiger partial charge in [-0.15, -0.1) is 0 Å². The number of hydrogen-bond donors (Lipinski definition) is 0. The van der Waals surface area contributed by atoms with Crippen LogP contribution < -0.4 is 0 Å². The van der Waals surface area contributed by atoms with Crippen LogP contribution in [0, 0.1) is 0 Å². The highest BCUT2D eigenvalue weighted by Crippen LogP contribution is 2.17. The van der Waals surface area contributed by atoms with Crippen molar-refractivity contribution in [3.63, 3.8) is 0 Å². The van der Waals surface area contributed by atoms with Crippen LogP contribution in [0.15, 0.2) is 27.3 Å². The predicted molar refractivity (Wildman–Crippen MR) is 86.6 cm³/mol. The largest absolute Gasteiger partial charge is 0.461 e. The monoisotopic (exact) mass is 347 g/mol. The Bertz CT molecular complexity index is 687. The van der Waals surface area contributed by atoms with Crippen LogP contribution in [-0.4, -0.2) is 83.4 Å². The normalized spacial score (nSPS) is 19.4. The second kappa shape index (κ2) is 7.24. The lowest BCUT2D eigenvalue weighted by molar-refractivity contribution is 0.0367. The molecule has 0 aromatic carbocycles. The summed E-state index contributed by atoms with van der Waals surface area (Å²) >= 11 is 0. The van der Waals surface area contributed by atoms with Gasteiger partial charge in [-0.05, 0) is 12.1 Å². The summed E-state index contributed by atoms with van der Waals surface area (Å²) in [5.41, 5.74) is 0. The van der Waals surface area contributed by atoms with Gasteiger partial charge in [-0.2, -0.15) is 4.98 Å². The summed E-state index contributed by atoms with van der Waals surface area (Å²) in [7, 11) is 0. The van der Waals surface area contributed by atoms with Crippen LogP contribution in [0.4, 0.5) is 4.79 Å². The summed E-state index contributed by atoms with van der Waals surface area (Å²) in [6.45, 7) is 6.16. The van der Waals surface area contributed by atoms with Crippen LogP contribution in [0.25, 0.3) is 11.6 Å². The van der Waals surface area contributed by atoms with E-state index in [0.29, 0.717) is 63.4 Å². The third-order valence-corrected chi connectivity index (χ3v) is 4.49. The quantitative estimate of drug-likeness (QED) is 0.815. The molecule has 2 aromatic heterocycles. The molecule has 4 rings (SSSR count). The molecule has 0 aliphatic carbocycles. The second-order valence-corrected chi connectivity index (χ2v) is 6.13. The van der Waals surface area contributed by atoms with Crippen molar-refractivity contribution in [2.45, 2.75) is 6.54 Å². The molecule has 4 heterocycles. The maximum absolute atomic E-state index is 12.5. The predicted octanol–water partition coefficient (Wildman–Crippen LogP) is 0.899. The van der Waals surface area contributed by atoms with E-state index in [1.807, 2.05) is 9.80 Å². The van der Waals surface area contributed by atoms with E-state index in [4.69, 9.17) is 13.7 Å². The SMILES string of the molecule is O=C(N1CCOCC1)N1CCN(Cc2nc(-c3ccco3)no2)CC1. The molecule has 9 heteroatoms. The van der Waals surface area contributed by atoms with Gasteiger partial charge in [-0.25, -0.2) is 4.79 Å². The second-order valence-electron chi connectivity index (χ2n) is 6.13. The van der Waals surface area contributed by atoms with Crippen LogP contribution in [-0.2, 0) is 11.3 Å². The third-order valence-electron chi connectivity index (χ3n) is 4.49. The zero-order valence-corrected chi connectivity index (χ0v) is 14.0. The van der Waals surface area contributed by atoms with Crippen molar-refractivity contribution < 1.29 is 18.5 Å². The molecule has 0 N–H and O–H groups in total. The first kappa shape index (κ1) is 16.1. The average molecular weight is 347 g/mol. The number of urea groups is 1. The Hall–Kier alpha value is -2.39. The molecule has 2 saturated heterocycles. The minimum absolute atomic E-state index is 0.112. The minimum atomic E-state index is 0.112. The van der Waals surface area contributed by atoms with Crippen LogP contribution in [0.1, 0.15) is 5.89 Å². The maximum Gasteiger partial charge on any atom is 0.320 e. The van der Waals surface area contributed by atoms with E-state index < -0.39 is 0 Å². The van der Waals surface area contributed by atoms with Gasteiger partial charge in [0, 0.05) is 39.3 Å². The summed E-state index contributed by atoms with van der Waals surface area (Å²) in [5.74, 6) is 1.61. The molecule has 25 heavy (non-hydrogen) atoms. The van der Waals surface area contributed by atoms with Crippen LogP contribution in [0.3, 0.4) is 0 Å². The highest BCUT2D eigenvalue weighted by atomic mass is 16.5. The Balaban J connectivity index is 1.28. The topological polar surface area (TPSA) is 88.1 Å². The van der Waals surface area contributed by atoms with Gasteiger partial charge < -0.3 is 23.5 Å². The Kier molecular flexibility index (Phi) is 4.66. The summed E-state index contributed by atoms with van der Waals surface area (Å²) in [4.78, 5) is 22.8. The third kappa shape index (κ3) is 3.67. The fourth-order valence-electron chi connectivity index (χ4n) is 3.07. The van der Waals surface area contributed by atoms with Gasteiger partial charge >= 0.3 is 6.03 Å². The number of nitrogens with zero attached hydrogens (tertiary/aromatic N) is 5. The molecular weight excluding hydrogens is 326 g/mol. The van der Waals surface area contributed by atoms with Crippen molar-refractivity contribution in [2.24, 2.45) is 0 Å². The van der Waals surface area contributed by atoms with Crippen LogP contribution in [0.5, 0.6) is 0 Å². The summed E-state index contributed by atoms with van der Waals surface area (Å²) < 4.78 is 15.9. The summed E-state index contributed by atoms with van der Waals surface area (Å²) in [6.07, 6.45) is 1.58. The average Bonchev–Trinajstić information content (AvgIpc) is 3.34. The smallest absolute Gasteiger partial charge is 0.320 e. The Labute approximate surface area is 145 Å². The number of furan rings is 1. The number of carbonyl (C=O) groups excluding carboxylic acids is 1. The van der Waals surface area contributed by atoms with Crippen molar-refractivity contribution in [1.82, 2.24) is 24.8 Å². The fraction of sp³-hybridized carbons (Fsp3) is 0.562. The zero-order chi connectivity index (χ0) is 17.1. The van der Waals surface area contributed by atoms with E-state index in [0.717, 1.165) is 13.1 Å². The molecule has 2 aliphatic heterocycles. The number of aromatic nitrogens is 2. The molecule has 0 radical (unpaired) electrons. The number of piperazine rings is 1. The molecule has 9 nitrogen and oxygen atoms in total. The number of carbonyl (C=O) groups is 1. The highest BCUT2D eigenvalue weighted by Gasteiger charge is 2.27. The van der Waals surface area contributed by atoms with Crippen molar-refractivity contribution >= 4 is 6.03 Å². The number of amides is 2. The van der Waals surface area contributed by atoms with E-state index in [9.17, 15) is 4.79 Å². The number of rotatable bonds is 3. The molecule has 0 bridgehead atoms. The Morgan fingerprint density at radius 3 is 2.56 bits per heavy atom. The molecule has 2 aliphatic rings. The molecule has 0 saturated carbocycles. The lowest BCUT2D eigenvalue weighted by Crippen LogP contribution is -2.54. The lowest BCUT2D eigenvalue weighted by atomic mass is 10.3. The van der Waals surface area contributed by atoms with E-state index in [2.05, 4.69) is 15.0 Å². The van der Waals surface area contributed by atoms with Gasteiger partial charge in [0.25, 0.3) is 0 Å². The molecule has 2 aromatic rings. The first-order valence-electron chi connectivity index (χ1n) is 8.50. The number of hydrogen-bond acceptors (Lipinski definition) is 7. The standard InChI is InChI=1S/C16H21N5O4/c22-16(21-7-10-23-11-8-21)20-5-3-19(4-6-20)12-14-17-15(18-25-14)13-2-1-9-24-13/h1-2,9H,3-8,10-12H2. The van der Waals surface area contributed by atoms with Gasteiger partial charge in [-0.3, -0.25) is 4.90 Å². The van der Waals surface area contributed by atoms with E-state index in [1.165, 1.54) is 0 Å². The highest BCUT2D eigenvalue weighted by molar-refractivity contribution is 5.74. The van der Waals surface area contributed by atoms with E-state index in [-0.39, 0.29) is 6.03 Å². The van der Waals surface area contributed by atoms with Gasteiger partial charge in [0.2, 0.25) is 11.7 Å². The van der Waals surface area contributed by atoms with Crippen molar-refractivity contribution in [2.75, 3.05) is 52.5 Å². The molecule has 2 fully saturated rings. The molecule has 0 atom stereocenters. The fourth-order valence-corrected chi connectivity index (χ4v) is 3.07. The molecule has 0 spiro atoms. The lowest BCUT2D eigenvalue weighted by Gasteiger charge is -2.38. The van der Waals surface area contributed by atoms with Crippen molar-refractivity contribution in [3.05, 3.63) is 24.3 Å². The minimum Gasteiger partial charge on any atom is -0.461 e. The summed E-state index contributed by atoms with van der Waals surface area (Å²) in [5, 5.41) is 3.94.